The molecule has 0 aromatic heterocycles. The molecule has 0 unspecified atom stereocenters. The fraction of sp³-hybridized carbons (Fsp3) is 0.833. The standard InChI is InChI=1S/C6H12O6.2K/c7-1-3(9)5(11)6(12)4(10)2-8;;/h3,5-9,11-12H,1-2H2;;/t3-,5-,6-;;/m1../s1. The molecular formula is C6H12K2O6. The van der Waals surface area contributed by atoms with Gasteiger partial charge in [0.05, 0.1) is 6.61 Å². The Balaban J connectivity index is -0.000000605. The molecule has 0 rings (SSSR count). The van der Waals surface area contributed by atoms with Gasteiger partial charge in [-0.25, -0.2) is 0 Å². The molecule has 0 amide bonds. The Labute approximate surface area is 167 Å². The van der Waals surface area contributed by atoms with E-state index in [0.717, 1.165) is 0 Å². The van der Waals surface area contributed by atoms with Crippen LogP contribution in [0.1, 0.15) is 0 Å². The van der Waals surface area contributed by atoms with Crippen molar-refractivity contribution in [2.24, 2.45) is 0 Å². The van der Waals surface area contributed by atoms with Gasteiger partial charge in [-0.05, 0) is 0 Å². The molecule has 0 spiro atoms. The Morgan fingerprint density at radius 1 is 1.07 bits per heavy atom. The zero-order valence-corrected chi connectivity index (χ0v) is 14.5. The number of rotatable bonds is 5. The minimum Gasteiger partial charge on any atom is -0.394 e. The molecule has 0 fully saturated rings. The largest absolute Gasteiger partial charge is 0.394 e. The molecule has 6 nitrogen and oxygen atoms in total. The van der Waals surface area contributed by atoms with Crippen LogP contribution in [0, 0.1) is 0 Å². The summed E-state index contributed by atoms with van der Waals surface area (Å²) in [5.41, 5.74) is 0. The summed E-state index contributed by atoms with van der Waals surface area (Å²) < 4.78 is 0. The molecule has 3 atom stereocenters. The number of carbonyl (C=O) groups is 1. The Hall–Kier alpha value is 2.74. The van der Waals surface area contributed by atoms with E-state index in [9.17, 15) is 4.79 Å². The van der Waals surface area contributed by atoms with Gasteiger partial charge >= 0.3 is 0 Å². The van der Waals surface area contributed by atoms with E-state index in [1.807, 2.05) is 0 Å². The number of aliphatic hydroxyl groups is 5. The molecule has 0 bridgehead atoms. The number of hydrogen-bond acceptors (Lipinski definition) is 6. The van der Waals surface area contributed by atoms with E-state index in [1.54, 1.807) is 0 Å². The van der Waals surface area contributed by atoms with E-state index < -0.39 is 37.3 Å². The SMILES string of the molecule is O=C(CO)[C@@H](O)[C@H](O)[C@H](O)CO.[K].[K]. The van der Waals surface area contributed by atoms with Gasteiger partial charge in [-0.1, -0.05) is 0 Å². The van der Waals surface area contributed by atoms with Crippen LogP contribution in [0.5, 0.6) is 0 Å². The molecule has 0 heterocycles. The molecule has 5 N–H and O–H groups in total. The van der Waals surface area contributed by atoms with E-state index in [2.05, 4.69) is 0 Å². The summed E-state index contributed by atoms with van der Waals surface area (Å²) in [6.45, 7) is -1.69. The zero-order chi connectivity index (χ0) is 9.72. The maximum absolute atomic E-state index is 10.5. The van der Waals surface area contributed by atoms with Gasteiger partial charge in [0.15, 0.2) is 5.78 Å². The van der Waals surface area contributed by atoms with Gasteiger partial charge in [-0.3, -0.25) is 4.79 Å². The van der Waals surface area contributed by atoms with Gasteiger partial charge in [0, 0.05) is 103 Å². The van der Waals surface area contributed by atoms with Crippen molar-refractivity contribution in [2.75, 3.05) is 13.2 Å². The fourth-order valence-corrected chi connectivity index (χ4v) is 0.602. The van der Waals surface area contributed by atoms with E-state index in [0.29, 0.717) is 0 Å². The van der Waals surface area contributed by atoms with Gasteiger partial charge in [0.1, 0.15) is 24.9 Å². The second-order valence-electron chi connectivity index (χ2n) is 2.31. The van der Waals surface area contributed by atoms with Crippen LogP contribution < -0.4 is 0 Å². The Morgan fingerprint density at radius 3 is 1.79 bits per heavy atom. The topological polar surface area (TPSA) is 118 Å². The smallest absolute Gasteiger partial charge is 0.189 e. The predicted molar refractivity (Wildman–Crippen MR) is 48.7 cm³/mol. The van der Waals surface area contributed by atoms with Gasteiger partial charge in [-0.15, -0.1) is 0 Å². The molecule has 74 valence electrons. The molecule has 0 saturated heterocycles. The zero-order valence-electron chi connectivity index (χ0n) is 8.29. The van der Waals surface area contributed by atoms with Crippen molar-refractivity contribution in [1.29, 1.82) is 0 Å². The van der Waals surface area contributed by atoms with Crippen molar-refractivity contribution < 1.29 is 30.3 Å². The summed E-state index contributed by atoms with van der Waals surface area (Å²) in [6, 6.07) is 0. The third-order valence-electron chi connectivity index (χ3n) is 1.39. The Bertz CT molecular complexity index is 155. The van der Waals surface area contributed by atoms with E-state index >= 15 is 0 Å². The first-order valence-corrected chi connectivity index (χ1v) is 3.33. The van der Waals surface area contributed by atoms with Gasteiger partial charge in [0.25, 0.3) is 0 Å². The van der Waals surface area contributed by atoms with Crippen molar-refractivity contribution in [1.82, 2.24) is 0 Å². The molecule has 2 radical (unpaired) electrons. The minimum absolute atomic E-state index is 0. The second kappa shape index (κ2) is 12.2. The normalized spacial score (nSPS) is 15.8. The van der Waals surface area contributed by atoms with Gasteiger partial charge in [-0.2, -0.15) is 0 Å². The Morgan fingerprint density at radius 2 is 1.50 bits per heavy atom. The third-order valence-corrected chi connectivity index (χ3v) is 1.39. The van der Waals surface area contributed by atoms with Crippen LogP contribution >= 0.6 is 0 Å². The van der Waals surface area contributed by atoms with E-state index in [4.69, 9.17) is 25.5 Å². The van der Waals surface area contributed by atoms with Crippen LogP contribution in [0.2, 0.25) is 0 Å². The monoisotopic (exact) mass is 258 g/mol. The Kier molecular flexibility index (Phi) is 19.2. The average Bonchev–Trinajstić information content (AvgIpc) is 2.12. The van der Waals surface area contributed by atoms with Crippen LogP contribution in [0.4, 0.5) is 0 Å². The first kappa shape index (κ1) is 22.0. The third kappa shape index (κ3) is 7.93. The number of Topliss-reactive ketones (excluding diaryl/α,β-unsaturated/α-hetero) is 1. The van der Waals surface area contributed by atoms with Crippen LogP contribution in [-0.2, 0) is 4.79 Å². The predicted octanol–water partition coefficient (Wildman–Crippen LogP) is -4.14. The van der Waals surface area contributed by atoms with E-state index in [1.165, 1.54) is 0 Å². The van der Waals surface area contributed by atoms with Gasteiger partial charge < -0.3 is 25.5 Å². The molecule has 0 aliphatic rings. The molecule has 8 heteroatoms. The molecule has 0 aromatic rings. The fourth-order valence-electron chi connectivity index (χ4n) is 0.602. The molecular weight excluding hydrogens is 246 g/mol. The summed E-state index contributed by atoms with van der Waals surface area (Å²) >= 11 is 0. The first-order valence-electron chi connectivity index (χ1n) is 3.33. The summed E-state index contributed by atoms with van der Waals surface area (Å²) in [7, 11) is 0. The average molecular weight is 258 g/mol. The van der Waals surface area contributed by atoms with Crippen LogP contribution in [0.25, 0.3) is 0 Å². The van der Waals surface area contributed by atoms with Crippen molar-refractivity contribution in [3.05, 3.63) is 0 Å². The first-order chi connectivity index (χ1) is 5.54. The molecule has 0 aliphatic carbocycles. The van der Waals surface area contributed by atoms with Crippen LogP contribution in [0.3, 0.4) is 0 Å². The summed E-state index contributed by atoms with van der Waals surface area (Å²) in [5, 5.41) is 43.1. The summed E-state index contributed by atoms with van der Waals surface area (Å²) in [5.74, 6) is -1.00. The number of hydrogen-bond donors (Lipinski definition) is 5. The second-order valence-corrected chi connectivity index (χ2v) is 2.31. The van der Waals surface area contributed by atoms with Crippen molar-refractivity contribution in [3.8, 4) is 0 Å². The van der Waals surface area contributed by atoms with Gasteiger partial charge in [0.2, 0.25) is 0 Å². The maximum atomic E-state index is 10.5. The number of aliphatic hydroxyl groups excluding tert-OH is 5. The number of carbonyl (C=O) groups excluding carboxylic acids is 1. The molecule has 14 heavy (non-hydrogen) atoms. The van der Waals surface area contributed by atoms with Crippen molar-refractivity contribution >= 4 is 109 Å². The molecule has 0 aliphatic heterocycles. The van der Waals surface area contributed by atoms with Crippen molar-refractivity contribution in [3.63, 3.8) is 0 Å². The quantitative estimate of drug-likeness (QED) is 0.320. The number of ketones is 1. The summed E-state index contributed by atoms with van der Waals surface area (Å²) in [6.07, 6.45) is -5.22. The van der Waals surface area contributed by atoms with Crippen molar-refractivity contribution in [2.45, 2.75) is 18.3 Å². The molecule has 0 saturated carbocycles. The minimum atomic E-state index is -1.86. The molecule has 0 aromatic carbocycles. The van der Waals surface area contributed by atoms with Crippen LogP contribution in [0.15, 0.2) is 0 Å². The maximum Gasteiger partial charge on any atom is 0.189 e. The van der Waals surface area contributed by atoms with E-state index in [-0.39, 0.29) is 103 Å². The van der Waals surface area contributed by atoms with Crippen LogP contribution in [-0.4, -0.2) is 166 Å². The summed E-state index contributed by atoms with van der Waals surface area (Å²) in [4.78, 5) is 10.5.